The molecule has 0 spiro atoms. The van der Waals surface area contributed by atoms with E-state index < -0.39 is 10.0 Å². The number of nitrogens with zero attached hydrogens (tertiary/aromatic N) is 2. The molecule has 0 saturated carbocycles. The molecule has 2 aromatic rings. The van der Waals surface area contributed by atoms with Crippen molar-refractivity contribution in [2.45, 2.75) is 11.4 Å². The quantitative estimate of drug-likeness (QED) is 0.922. The number of hydrogen-bond donors (Lipinski definition) is 1. The molecule has 0 aliphatic heterocycles. The maximum absolute atomic E-state index is 12.3. The number of rotatable bonds is 4. The largest absolute Gasteiger partial charge is 0.507 e. The Labute approximate surface area is 112 Å². The van der Waals surface area contributed by atoms with Crippen molar-refractivity contribution in [2.75, 3.05) is 7.05 Å². The van der Waals surface area contributed by atoms with Gasteiger partial charge in [-0.05, 0) is 24.3 Å². The van der Waals surface area contributed by atoms with Crippen LogP contribution in [0, 0.1) is 0 Å². The van der Waals surface area contributed by atoms with Crippen LogP contribution in [-0.2, 0) is 16.6 Å². The predicted octanol–water partition coefficient (Wildman–Crippen LogP) is 1.61. The molecule has 1 aromatic heterocycles. The van der Waals surface area contributed by atoms with E-state index in [1.165, 1.54) is 19.2 Å². The summed E-state index contributed by atoms with van der Waals surface area (Å²) in [5, 5.41) is 9.64. The van der Waals surface area contributed by atoms with Gasteiger partial charge in [0.2, 0.25) is 10.0 Å². The van der Waals surface area contributed by atoms with E-state index in [1.54, 1.807) is 36.5 Å². The summed E-state index contributed by atoms with van der Waals surface area (Å²) in [6.45, 7) is 0.150. The lowest BCUT2D eigenvalue weighted by Crippen LogP contribution is -2.26. The van der Waals surface area contributed by atoms with Gasteiger partial charge in [0.05, 0.1) is 12.2 Å². The molecule has 0 atom stereocenters. The zero-order valence-corrected chi connectivity index (χ0v) is 11.2. The molecule has 19 heavy (non-hydrogen) atoms. The number of benzene rings is 1. The molecule has 100 valence electrons. The van der Waals surface area contributed by atoms with Gasteiger partial charge in [-0.3, -0.25) is 4.98 Å². The lowest BCUT2D eigenvalue weighted by molar-refractivity contribution is 0.438. The first-order valence-corrected chi connectivity index (χ1v) is 7.10. The number of phenolic OH excluding ortho intramolecular Hbond substituents is 1. The van der Waals surface area contributed by atoms with Crippen molar-refractivity contribution in [2.24, 2.45) is 0 Å². The Kier molecular flexibility index (Phi) is 3.82. The number of phenols is 1. The van der Waals surface area contributed by atoms with Crippen molar-refractivity contribution >= 4 is 10.0 Å². The van der Waals surface area contributed by atoms with E-state index in [1.807, 2.05) is 0 Å². The van der Waals surface area contributed by atoms with Gasteiger partial charge in [-0.25, -0.2) is 8.42 Å². The van der Waals surface area contributed by atoms with Gasteiger partial charge in [0.15, 0.2) is 0 Å². The van der Waals surface area contributed by atoms with E-state index in [0.29, 0.717) is 5.69 Å². The normalized spacial score (nSPS) is 11.7. The number of aromatic nitrogens is 1. The van der Waals surface area contributed by atoms with E-state index in [0.717, 1.165) is 4.31 Å². The predicted molar refractivity (Wildman–Crippen MR) is 71.0 cm³/mol. The second-order valence-corrected chi connectivity index (χ2v) is 6.06. The van der Waals surface area contributed by atoms with Crippen LogP contribution in [0.2, 0.25) is 0 Å². The van der Waals surface area contributed by atoms with Gasteiger partial charge in [-0.15, -0.1) is 0 Å². The number of para-hydroxylation sites is 1. The minimum atomic E-state index is -3.72. The highest BCUT2D eigenvalue weighted by Crippen LogP contribution is 2.24. The minimum Gasteiger partial charge on any atom is -0.507 e. The highest BCUT2D eigenvalue weighted by molar-refractivity contribution is 7.89. The third-order valence-corrected chi connectivity index (χ3v) is 4.52. The Morgan fingerprint density at radius 2 is 1.84 bits per heavy atom. The minimum absolute atomic E-state index is 0.103. The first-order chi connectivity index (χ1) is 9.01. The molecule has 0 aliphatic carbocycles. The highest BCUT2D eigenvalue weighted by atomic mass is 32.2. The van der Waals surface area contributed by atoms with Crippen molar-refractivity contribution in [3.05, 3.63) is 54.4 Å². The summed E-state index contributed by atoms with van der Waals surface area (Å²) in [5.41, 5.74) is 0.643. The molecular formula is C13H14N2O3S. The highest BCUT2D eigenvalue weighted by Gasteiger charge is 2.24. The Hall–Kier alpha value is -1.92. The average molecular weight is 278 g/mol. The van der Waals surface area contributed by atoms with Crippen molar-refractivity contribution in [1.29, 1.82) is 0 Å². The molecule has 0 fully saturated rings. The van der Waals surface area contributed by atoms with Crippen LogP contribution in [-0.4, -0.2) is 29.9 Å². The molecule has 1 aromatic carbocycles. The molecule has 0 amide bonds. The van der Waals surface area contributed by atoms with Crippen molar-refractivity contribution in [1.82, 2.24) is 9.29 Å². The Balaban J connectivity index is 2.28. The molecule has 0 bridgehead atoms. The van der Waals surface area contributed by atoms with Gasteiger partial charge in [0, 0.05) is 13.2 Å². The summed E-state index contributed by atoms with van der Waals surface area (Å²) in [6.07, 6.45) is 1.61. The van der Waals surface area contributed by atoms with Crippen LogP contribution < -0.4 is 0 Å². The van der Waals surface area contributed by atoms with Crippen molar-refractivity contribution in [3.63, 3.8) is 0 Å². The SMILES string of the molecule is CN(Cc1ccccn1)S(=O)(=O)c1ccccc1O. The molecule has 0 aliphatic rings. The molecule has 6 heteroatoms. The standard InChI is InChI=1S/C13H14N2O3S/c1-15(10-11-6-4-5-9-14-11)19(17,18)13-8-3-2-7-12(13)16/h2-9,16H,10H2,1H3. The Morgan fingerprint density at radius 1 is 1.16 bits per heavy atom. The molecule has 5 nitrogen and oxygen atoms in total. The molecule has 1 heterocycles. The van der Waals surface area contributed by atoms with Gasteiger partial charge in [0.1, 0.15) is 10.6 Å². The maximum atomic E-state index is 12.3. The first-order valence-electron chi connectivity index (χ1n) is 5.66. The summed E-state index contributed by atoms with van der Waals surface area (Å²) in [6, 6.07) is 11.2. The summed E-state index contributed by atoms with van der Waals surface area (Å²) < 4.78 is 25.7. The Bertz CT molecular complexity index is 657. The van der Waals surface area contributed by atoms with Gasteiger partial charge >= 0.3 is 0 Å². The van der Waals surface area contributed by atoms with Crippen LogP contribution in [0.25, 0.3) is 0 Å². The third kappa shape index (κ3) is 2.91. The number of hydrogen-bond acceptors (Lipinski definition) is 4. The topological polar surface area (TPSA) is 70.5 Å². The zero-order valence-electron chi connectivity index (χ0n) is 10.4. The third-order valence-electron chi connectivity index (χ3n) is 2.66. The summed E-state index contributed by atoms with van der Waals surface area (Å²) in [4.78, 5) is 3.98. The summed E-state index contributed by atoms with van der Waals surface area (Å²) >= 11 is 0. The molecule has 0 unspecified atom stereocenters. The maximum Gasteiger partial charge on any atom is 0.246 e. The van der Waals surface area contributed by atoms with Gasteiger partial charge < -0.3 is 5.11 Å². The number of sulfonamides is 1. The Morgan fingerprint density at radius 3 is 2.47 bits per heavy atom. The molecular weight excluding hydrogens is 264 g/mol. The van der Waals surface area contributed by atoms with Crippen LogP contribution in [0.5, 0.6) is 5.75 Å². The van der Waals surface area contributed by atoms with Crippen molar-refractivity contribution < 1.29 is 13.5 Å². The summed E-state index contributed by atoms with van der Waals surface area (Å²) in [5.74, 6) is -0.254. The molecule has 2 rings (SSSR count). The first kappa shape index (κ1) is 13.5. The second kappa shape index (κ2) is 5.38. The second-order valence-electron chi connectivity index (χ2n) is 4.05. The van der Waals surface area contributed by atoms with Crippen LogP contribution in [0.4, 0.5) is 0 Å². The number of aromatic hydroxyl groups is 1. The average Bonchev–Trinajstić information content (AvgIpc) is 2.40. The van der Waals surface area contributed by atoms with E-state index in [-0.39, 0.29) is 17.2 Å². The fourth-order valence-electron chi connectivity index (χ4n) is 1.65. The van der Waals surface area contributed by atoms with Crippen LogP contribution in [0.1, 0.15) is 5.69 Å². The smallest absolute Gasteiger partial charge is 0.246 e. The summed E-state index contributed by atoms with van der Waals surface area (Å²) in [7, 11) is -2.27. The van der Waals surface area contributed by atoms with E-state index in [4.69, 9.17) is 0 Å². The van der Waals surface area contributed by atoms with E-state index >= 15 is 0 Å². The lowest BCUT2D eigenvalue weighted by Gasteiger charge is -2.17. The zero-order chi connectivity index (χ0) is 13.9. The van der Waals surface area contributed by atoms with E-state index in [2.05, 4.69) is 4.98 Å². The molecule has 1 N–H and O–H groups in total. The van der Waals surface area contributed by atoms with Crippen molar-refractivity contribution in [3.8, 4) is 5.75 Å². The lowest BCUT2D eigenvalue weighted by atomic mass is 10.3. The van der Waals surface area contributed by atoms with Gasteiger partial charge in [-0.1, -0.05) is 18.2 Å². The van der Waals surface area contributed by atoms with Crippen LogP contribution >= 0.6 is 0 Å². The van der Waals surface area contributed by atoms with E-state index in [9.17, 15) is 13.5 Å². The molecule has 0 saturated heterocycles. The van der Waals surface area contributed by atoms with Gasteiger partial charge in [-0.2, -0.15) is 4.31 Å². The monoisotopic (exact) mass is 278 g/mol. The fraction of sp³-hybridized carbons (Fsp3) is 0.154. The van der Waals surface area contributed by atoms with Crippen LogP contribution in [0.3, 0.4) is 0 Å². The van der Waals surface area contributed by atoms with Crippen LogP contribution in [0.15, 0.2) is 53.6 Å². The number of pyridine rings is 1. The fourth-order valence-corrected chi connectivity index (χ4v) is 2.87. The van der Waals surface area contributed by atoms with Gasteiger partial charge in [0.25, 0.3) is 0 Å². The molecule has 0 radical (unpaired) electrons.